The number of aliphatic carboxylic acids is 1. The number of hydrogen-bond donors (Lipinski definition) is 2. The number of rotatable bonds is 6. The highest BCUT2D eigenvalue weighted by molar-refractivity contribution is 5.88. The van der Waals surface area contributed by atoms with Gasteiger partial charge in [0.2, 0.25) is 5.91 Å². The third-order valence-electron chi connectivity index (χ3n) is 8.16. The van der Waals surface area contributed by atoms with Crippen LogP contribution in [-0.4, -0.2) is 53.7 Å². The molecular weight excluding hydrogens is 444 g/mol. The van der Waals surface area contributed by atoms with Gasteiger partial charge in [0.1, 0.15) is 12.6 Å². The molecule has 1 saturated carbocycles. The summed E-state index contributed by atoms with van der Waals surface area (Å²) in [5, 5.41) is 12.6. The molecule has 2 fully saturated rings. The Morgan fingerprint density at radius 1 is 1.09 bits per heavy atom. The average Bonchev–Trinajstić information content (AvgIpc) is 3.50. The van der Waals surface area contributed by atoms with Crippen LogP contribution < -0.4 is 5.32 Å². The molecule has 184 valence electrons. The molecule has 7 heteroatoms. The van der Waals surface area contributed by atoms with Gasteiger partial charge in [0.15, 0.2) is 0 Å². The molecule has 1 heterocycles. The minimum atomic E-state index is -0.846. The Labute approximate surface area is 205 Å². The minimum Gasteiger partial charge on any atom is -0.481 e. The number of nitrogens with zero attached hydrogens (tertiary/aromatic N) is 1. The number of amides is 2. The molecule has 7 nitrogen and oxygen atoms in total. The fourth-order valence-electron chi connectivity index (χ4n) is 6.28. The van der Waals surface area contributed by atoms with Gasteiger partial charge in [0, 0.05) is 19.0 Å². The highest BCUT2D eigenvalue weighted by atomic mass is 16.5. The fourth-order valence-corrected chi connectivity index (χ4v) is 6.28. The van der Waals surface area contributed by atoms with Crippen molar-refractivity contribution in [1.29, 1.82) is 0 Å². The molecule has 0 radical (unpaired) electrons. The number of alkyl carbamates (subject to hydrolysis) is 1. The third kappa shape index (κ3) is 3.97. The lowest BCUT2D eigenvalue weighted by Gasteiger charge is -2.28. The number of nitrogens with one attached hydrogen (secondary N) is 1. The van der Waals surface area contributed by atoms with Gasteiger partial charge in [0.25, 0.3) is 0 Å². The van der Waals surface area contributed by atoms with E-state index in [2.05, 4.69) is 29.6 Å². The van der Waals surface area contributed by atoms with Gasteiger partial charge in [-0.2, -0.15) is 0 Å². The summed E-state index contributed by atoms with van der Waals surface area (Å²) in [6.07, 6.45) is 1.67. The van der Waals surface area contributed by atoms with E-state index >= 15 is 0 Å². The van der Waals surface area contributed by atoms with Crippen LogP contribution in [0, 0.1) is 17.3 Å². The molecular formula is C28H32N2O5. The van der Waals surface area contributed by atoms with Crippen molar-refractivity contribution < 1.29 is 24.2 Å². The number of ether oxygens (including phenoxy) is 1. The Balaban J connectivity index is 1.25. The summed E-state index contributed by atoms with van der Waals surface area (Å²) in [6.45, 7) is 4.56. The number of carbonyl (C=O) groups excluding carboxylic acids is 2. The number of fused-ring (bicyclic) bond motifs is 4. The molecule has 2 amide bonds. The van der Waals surface area contributed by atoms with E-state index < -0.39 is 23.5 Å². The fraction of sp³-hybridized carbons (Fsp3) is 0.464. The van der Waals surface area contributed by atoms with E-state index in [1.807, 2.05) is 38.1 Å². The van der Waals surface area contributed by atoms with Gasteiger partial charge in [0.05, 0.1) is 5.41 Å². The van der Waals surface area contributed by atoms with E-state index in [-0.39, 0.29) is 36.8 Å². The van der Waals surface area contributed by atoms with Crippen LogP contribution in [0.25, 0.3) is 11.1 Å². The first kappa shape index (κ1) is 23.4. The molecule has 3 atom stereocenters. The molecule has 0 spiro atoms. The van der Waals surface area contributed by atoms with Crippen LogP contribution in [0.2, 0.25) is 0 Å². The van der Waals surface area contributed by atoms with Gasteiger partial charge in [-0.3, -0.25) is 9.59 Å². The number of benzene rings is 2. The quantitative estimate of drug-likeness (QED) is 0.649. The topological polar surface area (TPSA) is 95.9 Å². The Morgan fingerprint density at radius 3 is 2.29 bits per heavy atom. The minimum absolute atomic E-state index is 0.0220. The van der Waals surface area contributed by atoms with Gasteiger partial charge >= 0.3 is 12.1 Å². The summed E-state index contributed by atoms with van der Waals surface area (Å²) < 4.78 is 5.65. The average molecular weight is 477 g/mol. The molecule has 5 rings (SSSR count). The highest BCUT2D eigenvalue weighted by Crippen LogP contribution is 2.49. The van der Waals surface area contributed by atoms with Gasteiger partial charge in [-0.05, 0) is 46.9 Å². The van der Waals surface area contributed by atoms with Crippen molar-refractivity contribution in [1.82, 2.24) is 10.2 Å². The van der Waals surface area contributed by atoms with Crippen molar-refractivity contribution in [2.45, 2.75) is 45.1 Å². The molecule has 3 aliphatic rings. The summed E-state index contributed by atoms with van der Waals surface area (Å²) in [4.78, 5) is 39.8. The van der Waals surface area contributed by atoms with Crippen LogP contribution in [0.3, 0.4) is 0 Å². The number of hydrogen-bond acceptors (Lipinski definition) is 4. The lowest BCUT2D eigenvalue weighted by molar-refractivity contribution is -0.149. The Bertz CT molecular complexity index is 1120. The van der Waals surface area contributed by atoms with Gasteiger partial charge < -0.3 is 20.1 Å². The maximum absolute atomic E-state index is 13.4. The van der Waals surface area contributed by atoms with Gasteiger partial charge in [-0.1, -0.05) is 68.8 Å². The highest BCUT2D eigenvalue weighted by Gasteiger charge is 2.56. The zero-order valence-corrected chi connectivity index (χ0v) is 20.2. The van der Waals surface area contributed by atoms with E-state index in [4.69, 9.17) is 4.74 Å². The number of likely N-dealkylation sites (tertiary alicyclic amines) is 1. The lowest BCUT2D eigenvalue weighted by Crippen LogP contribution is -2.51. The Morgan fingerprint density at radius 2 is 1.71 bits per heavy atom. The molecule has 0 unspecified atom stereocenters. The van der Waals surface area contributed by atoms with E-state index in [0.29, 0.717) is 13.0 Å². The van der Waals surface area contributed by atoms with E-state index in [0.717, 1.165) is 35.1 Å². The maximum Gasteiger partial charge on any atom is 0.407 e. The third-order valence-corrected chi connectivity index (χ3v) is 8.16. The summed E-state index contributed by atoms with van der Waals surface area (Å²) in [5.74, 6) is -1.30. The Kier molecular flexibility index (Phi) is 6.03. The molecule has 2 N–H and O–H groups in total. The monoisotopic (exact) mass is 476 g/mol. The normalized spacial score (nSPS) is 23.5. The number of carboxylic acids is 1. The molecule has 2 aliphatic carbocycles. The smallest absolute Gasteiger partial charge is 0.407 e. The molecule has 2 aromatic carbocycles. The zero-order valence-electron chi connectivity index (χ0n) is 20.2. The van der Waals surface area contributed by atoms with Crippen LogP contribution in [0.5, 0.6) is 0 Å². The molecule has 0 bridgehead atoms. The standard InChI is InChI=1S/C28H32N2O5/c1-17(2)24(25(31)30-14-18-8-7-13-28(18,16-30)26(32)33)29-27(34)35-15-23-21-11-5-3-9-19(21)20-10-4-6-12-22(20)23/h3-6,9-12,17-18,23-24H,7-8,13-16H2,1-2H3,(H,29,34)(H,32,33)/t18-,24-,28-/m0/s1. The molecule has 35 heavy (non-hydrogen) atoms. The van der Waals surface area contributed by atoms with Crippen LogP contribution in [0.1, 0.15) is 50.2 Å². The Hall–Kier alpha value is -3.35. The predicted octanol–water partition coefficient (Wildman–Crippen LogP) is 4.26. The molecule has 1 saturated heterocycles. The second kappa shape index (κ2) is 9.02. The first-order valence-corrected chi connectivity index (χ1v) is 12.5. The predicted molar refractivity (Wildman–Crippen MR) is 131 cm³/mol. The molecule has 1 aliphatic heterocycles. The van der Waals surface area contributed by atoms with Crippen molar-refractivity contribution >= 4 is 18.0 Å². The molecule has 2 aromatic rings. The van der Waals surface area contributed by atoms with Gasteiger partial charge in [-0.25, -0.2) is 4.79 Å². The first-order chi connectivity index (χ1) is 16.8. The second-order valence-electron chi connectivity index (χ2n) is 10.5. The molecule has 0 aromatic heterocycles. The summed E-state index contributed by atoms with van der Waals surface area (Å²) in [5.41, 5.74) is 3.71. The van der Waals surface area contributed by atoms with E-state index in [1.165, 1.54) is 0 Å². The van der Waals surface area contributed by atoms with E-state index in [1.54, 1.807) is 4.90 Å². The zero-order chi connectivity index (χ0) is 24.7. The number of carboxylic acid groups (broad SMARTS) is 1. The van der Waals surface area contributed by atoms with Crippen molar-refractivity contribution in [3.8, 4) is 11.1 Å². The van der Waals surface area contributed by atoms with Crippen molar-refractivity contribution in [3.05, 3.63) is 59.7 Å². The first-order valence-electron chi connectivity index (χ1n) is 12.5. The largest absolute Gasteiger partial charge is 0.481 e. The van der Waals surface area contributed by atoms with Crippen LogP contribution in [-0.2, 0) is 14.3 Å². The van der Waals surface area contributed by atoms with Gasteiger partial charge in [-0.15, -0.1) is 0 Å². The lowest BCUT2D eigenvalue weighted by atomic mass is 9.81. The van der Waals surface area contributed by atoms with Crippen LogP contribution >= 0.6 is 0 Å². The number of carbonyl (C=O) groups is 3. The maximum atomic E-state index is 13.4. The van der Waals surface area contributed by atoms with Crippen LogP contribution in [0.4, 0.5) is 4.79 Å². The summed E-state index contributed by atoms with van der Waals surface area (Å²) in [6, 6.07) is 15.5. The summed E-state index contributed by atoms with van der Waals surface area (Å²) in [7, 11) is 0. The second-order valence-corrected chi connectivity index (χ2v) is 10.5. The van der Waals surface area contributed by atoms with Crippen molar-refractivity contribution in [3.63, 3.8) is 0 Å². The van der Waals surface area contributed by atoms with Crippen LogP contribution in [0.15, 0.2) is 48.5 Å². The summed E-state index contributed by atoms with van der Waals surface area (Å²) >= 11 is 0. The van der Waals surface area contributed by atoms with Crippen molar-refractivity contribution in [2.75, 3.05) is 19.7 Å². The SMILES string of the molecule is CC(C)[C@H](NC(=O)OCC1c2ccccc2-c2ccccc21)C(=O)N1C[C@@H]2CCC[C@]2(C(=O)O)C1. The van der Waals surface area contributed by atoms with Crippen molar-refractivity contribution in [2.24, 2.45) is 17.3 Å². The van der Waals surface area contributed by atoms with E-state index in [9.17, 15) is 19.5 Å².